The molecule has 0 saturated heterocycles. The minimum absolute atomic E-state index is 0.446. The number of nitrogens with zero attached hydrogens (tertiary/aromatic N) is 3. The molecule has 1 aromatic carbocycles. The molecule has 0 aliphatic heterocycles. The zero-order chi connectivity index (χ0) is 13.9. The molecule has 0 atom stereocenters. The first kappa shape index (κ1) is 13.0. The second kappa shape index (κ2) is 5.56. The fourth-order valence-electron chi connectivity index (χ4n) is 1.59. The van der Waals surface area contributed by atoms with Gasteiger partial charge >= 0.3 is 0 Å². The van der Waals surface area contributed by atoms with Crippen LogP contribution in [0.3, 0.4) is 0 Å². The van der Waals surface area contributed by atoms with Crippen molar-refractivity contribution in [3.8, 4) is 15.6 Å². The van der Waals surface area contributed by atoms with Crippen molar-refractivity contribution in [2.24, 2.45) is 0 Å². The lowest BCUT2D eigenvalue weighted by Gasteiger charge is -2.03. The molecule has 0 saturated carbocycles. The van der Waals surface area contributed by atoms with E-state index in [0.717, 1.165) is 20.6 Å². The molecule has 2 N–H and O–H groups in total. The normalized spacial score (nSPS) is 10.7. The van der Waals surface area contributed by atoms with E-state index in [0.29, 0.717) is 11.7 Å². The van der Waals surface area contributed by atoms with E-state index >= 15 is 0 Å². The van der Waals surface area contributed by atoms with Gasteiger partial charge in [0.2, 0.25) is 5.13 Å². The fraction of sp³-hybridized carbons (Fsp3) is 0.154. The number of hydrogen-bond donors (Lipinski definition) is 1. The highest BCUT2D eigenvalue weighted by Gasteiger charge is 2.09. The summed E-state index contributed by atoms with van der Waals surface area (Å²) in [4.78, 5) is 5.29. The van der Waals surface area contributed by atoms with Gasteiger partial charge in [0, 0.05) is 6.20 Å². The lowest BCUT2D eigenvalue weighted by atomic mass is 10.2. The number of hydrogen-bond acceptors (Lipinski definition) is 7. The lowest BCUT2D eigenvalue weighted by Crippen LogP contribution is -1.93. The van der Waals surface area contributed by atoms with Gasteiger partial charge in [-0.25, -0.2) is 4.98 Å². The van der Waals surface area contributed by atoms with Gasteiger partial charge in [-0.05, 0) is 19.1 Å². The molecule has 3 aromatic rings. The van der Waals surface area contributed by atoms with Crippen LogP contribution >= 0.6 is 22.7 Å². The van der Waals surface area contributed by atoms with E-state index in [1.165, 1.54) is 28.2 Å². The first-order valence-corrected chi connectivity index (χ1v) is 7.57. The zero-order valence-electron chi connectivity index (χ0n) is 10.7. The Morgan fingerprint density at radius 2 is 1.95 bits per heavy atom. The van der Waals surface area contributed by atoms with Crippen molar-refractivity contribution in [1.82, 2.24) is 15.2 Å². The van der Waals surface area contributed by atoms with Crippen molar-refractivity contribution in [1.29, 1.82) is 0 Å². The van der Waals surface area contributed by atoms with Gasteiger partial charge in [0.05, 0.1) is 4.88 Å². The van der Waals surface area contributed by atoms with Crippen LogP contribution in [-0.4, -0.2) is 15.2 Å². The molecule has 0 radical (unpaired) electrons. The van der Waals surface area contributed by atoms with Crippen molar-refractivity contribution in [2.75, 3.05) is 5.73 Å². The Bertz CT molecular complexity index is 705. The minimum atomic E-state index is 0.446. The van der Waals surface area contributed by atoms with E-state index in [4.69, 9.17) is 10.5 Å². The molecule has 0 spiro atoms. The summed E-state index contributed by atoms with van der Waals surface area (Å²) in [7, 11) is 0. The molecule has 2 aromatic heterocycles. The topological polar surface area (TPSA) is 73.9 Å². The summed E-state index contributed by atoms with van der Waals surface area (Å²) in [6.07, 6.45) is 1.78. The van der Waals surface area contributed by atoms with Gasteiger partial charge < -0.3 is 10.5 Å². The molecule has 2 heterocycles. The summed E-state index contributed by atoms with van der Waals surface area (Å²) >= 11 is 2.89. The van der Waals surface area contributed by atoms with E-state index in [-0.39, 0.29) is 0 Å². The highest BCUT2D eigenvalue weighted by atomic mass is 32.1. The lowest BCUT2D eigenvalue weighted by molar-refractivity contribution is 0.305. The number of nitrogens with two attached hydrogens (primary N) is 1. The van der Waals surface area contributed by atoms with Gasteiger partial charge in [-0.2, -0.15) is 0 Å². The van der Waals surface area contributed by atoms with Gasteiger partial charge in [-0.15, -0.1) is 21.5 Å². The SMILES string of the molecule is Cc1ccc(OCc2ncc(-c3nnc(N)s3)s2)cc1. The van der Waals surface area contributed by atoms with Gasteiger partial charge in [0.15, 0.2) is 5.01 Å². The molecule has 102 valence electrons. The molecular formula is C13H12N4OS2. The first-order chi connectivity index (χ1) is 9.70. The fourth-order valence-corrected chi connectivity index (χ4v) is 3.06. The number of rotatable bonds is 4. The first-order valence-electron chi connectivity index (χ1n) is 5.94. The molecule has 0 fully saturated rings. The predicted molar refractivity (Wildman–Crippen MR) is 80.9 cm³/mol. The van der Waals surface area contributed by atoms with E-state index < -0.39 is 0 Å². The summed E-state index contributed by atoms with van der Waals surface area (Å²) < 4.78 is 5.69. The van der Waals surface area contributed by atoms with Gasteiger partial charge in [0.1, 0.15) is 17.4 Å². The molecular weight excluding hydrogens is 292 g/mol. The number of ether oxygens (including phenoxy) is 1. The van der Waals surface area contributed by atoms with Crippen LogP contribution in [0.15, 0.2) is 30.5 Å². The van der Waals surface area contributed by atoms with Gasteiger partial charge in [-0.3, -0.25) is 0 Å². The Hall–Kier alpha value is -1.99. The maximum Gasteiger partial charge on any atom is 0.203 e. The number of anilines is 1. The van der Waals surface area contributed by atoms with Crippen molar-refractivity contribution in [2.45, 2.75) is 13.5 Å². The monoisotopic (exact) mass is 304 g/mol. The third kappa shape index (κ3) is 2.94. The van der Waals surface area contributed by atoms with Crippen LogP contribution in [0.1, 0.15) is 10.6 Å². The standard InChI is InChI=1S/C13H12N4OS2/c1-8-2-4-9(5-3-8)18-7-11-15-6-10(19-11)12-16-17-13(14)20-12/h2-6H,7H2,1H3,(H2,14,17). The summed E-state index contributed by atoms with van der Waals surface area (Å²) in [5, 5.41) is 9.95. The molecule has 0 bridgehead atoms. The average Bonchev–Trinajstić information content (AvgIpc) is 3.07. The quantitative estimate of drug-likeness (QED) is 0.801. The zero-order valence-corrected chi connectivity index (χ0v) is 12.4. The van der Waals surface area contributed by atoms with Crippen LogP contribution in [0, 0.1) is 6.92 Å². The van der Waals surface area contributed by atoms with Crippen LogP contribution in [-0.2, 0) is 6.61 Å². The maximum absolute atomic E-state index is 5.69. The highest BCUT2D eigenvalue weighted by Crippen LogP contribution is 2.30. The molecule has 0 aliphatic carbocycles. The van der Waals surface area contributed by atoms with Gasteiger partial charge in [-0.1, -0.05) is 29.0 Å². The Morgan fingerprint density at radius 1 is 1.15 bits per heavy atom. The highest BCUT2D eigenvalue weighted by molar-refractivity contribution is 7.23. The molecule has 0 aliphatic rings. The van der Waals surface area contributed by atoms with Crippen LogP contribution in [0.5, 0.6) is 5.75 Å². The van der Waals surface area contributed by atoms with Crippen molar-refractivity contribution in [3.05, 3.63) is 41.0 Å². The van der Waals surface area contributed by atoms with E-state index in [1.54, 1.807) is 6.20 Å². The van der Waals surface area contributed by atoms with E-state index in [2.05, 4.69) is 15.2 Å². The van der Waals surface area contributed by atoms with Crippen LogP contribution in [0.4, 0.5) is 5.13 Å². The molecule has 0 unspecified atom stereocenters. The molecule has 5 nitrogen and oxygen atoms in total. The third-order valence-electron chi connectivity index (χ3n) is 2.59. The van der Waals surface area contributed by atoms with E-state index in [9.17, 15) is 0 Å². The van der Waals surface area contributed by atoms with Crippen LogP contribution < -0.4 is 10.5 Å². The summed E-state index contributed by atoms with van der Waals surface area (Å²) in [6.45, 7) is 2.49. The van der Waals surface area contributed by atoms with Gasteiger partial charge in [0.25, 0.3) is 0 Å². The number of thiazole rings is 1. The Kier molecular flexibility index (Phi) is 3.62. The van der Waals surface area contributed by atoms with Crippen LogP contribution in [0.25, 0.3) is 9.88 Å². The molecule has 0 amide bonds. The Morgan fingerprint density at radius 3 is 2.65 bits per heavy atom. The summed E-state index contributed by atoms with van der Waals surface area (Å²) in [5.74, 6) is 0.840. The van der Waals surface area contributed by atoms with Crippen molar-refractivity contribution >= 4 is 27.8 Å². The average molecular weight is 304 g/mol. The summed E-state index contributed by atoms with van der Waals surface area (Å²) in [5.41, 5.74) is 6.78. The predicted octanol–water partition coefficient (Wildman–Crippen LogP) is 3.13. The van der Waals surface area contributed by atoms with Crippen molar-refractivity contribution in [3.63, 3.8) is 0 Å². The smallest absolute Gasteiger partial charge is 0.203 e. The number of nitrogen functional groups attached to an aromatic ring is 1. The second-order valence-corrected chi connectivity index (χ2v) is 6.29. The largest absolute Gasteiger partial charge is 0.486 e. The number of aryl methyl sites for hydroxylation is 1. The molecule has 7 heteroatoms. The third-order valence-corrected chi connectivity index (χ3v) is 4.48. The molecule has 20 heavy (non-hydrogen) atoms. The Labute approximate surface area is 124 Å². The number of benzene rings is 1. The Balaban J connectivity index is 1.67. The summed E-state index contributed by atoms with van der Waals surface area (Å²) in [6, 6.07) is 7.95. The molecule has 3 rings (SSSR count). The van der Waals surface area contributed by atoms with Crippen molar-refractivity contribution < 1.29 is 4.74 Å². The van der Waals surface area contributed by atoms with Crippen LogP contribution in [0.2, 0.25) is 0 Å². The second-order valence-electron chi connectivity index (χ2n) is 4.17. The number of aromatic nitrogens is 3. The maximum atomic E-state index is 5.69. The minimum Gasteiger partial charge on any atom is -0.486 e. The van der Waals surface area contributed by atoms with E-state index in [1.807, 2.05) is 31.2 Å².